The number of thiocarbonyl (C=S) groups is 1. The summed E-state index contributed by atoms with van der Waals surface area (Å²) >= 11 is 4.90. The molecule has 1 aliphatic carbocycles. The van der Waals surface area contributed by atoms with Gasteiger partial charge in [0.15, 0.2) is 0 Å². The Labute approximate surface area is 130 Å². The summed E-state index contributed by atoms with van der Waals surface area (Å²) < 4.78 is 27.0. The standard InChI is InChI=1S/C14H20N2O3S2/c15-14(20)11-4-3-7-13(10-11)21(18,19)16(8-9-17)12-5-1-2-6-12/h3-4,7,10,12,17H,1-2,5-6,8-9H2,(H2,15,20). The molecule has 21 heavy (non-hydrogen) atoms. The zero-order valence-electron chi connectivity index (χ0n) is 11.7. The maximum absolute atomic E-state index is 12.8. The first-order valence-electron chi connectivity index (χ1n) is 6.99. The lowest BCUT2D eigenvalue weighted by molar-refractivity contribution is 0.226. The van der Waals surface area contributed by atoms with Crippen molar-refractivity contribution in [3.8, 4) is 0 Å². The summed E-state index contributed by atoms with van der Waals surface area (Å²) in [5.41, 5.74) is 6.09. The van der Waals surface area contributed by atoms with Gasteiger partial charge in [0.05, 0.1) is 11.5 Å². The van der Waals surface area contributed by atoms with E-state index in [1.807, 2.05) is 0 Å². The minimum atomic E-state index is -3.64. The van der Waals surface area contributed by atoms with Gasteiger partial charge in [-0.3, -0.25) is 0 Å². The first-order valence-corrected chi connectivity index (χ1v) is 8.84. The Morgan fingerprint density at radius 3 is 2.62 bits per heavy atom. The molecule has 1 aromatic carbocycles. The van der Waals surface area contributed by atoms with Gasteiger partial charge in [0, 0.05) is 18.2 Å². The largest absolute Gasteiger partial charge is 0.395 e. The lowest BCUT2D eigenvalue weighted by Gasteiger charge is -2.27. The van der Waals surface area contributed by atoms with E-state index in [9.17, 15) is 13.5 Å². The van der Waals surface area contributed by atoms with Crippen LogP contribution in [-0.2, 0) is 10.0 Å². The Morgan fingerprint density at radius 1 is 1.38 bits per heavy atom. The van der Waals surface area contributed by atoms with E-state index >= 15 is 0 Å². The highest BCUT2D eigenvalue weighted by molar-refractivity contribution is 7.89. The average molecular weight is 328 g/mol. The monoisotopic (exact) mass is 328 g/mol. The maximum atomic E-state index is 12.8. The van der Waals surface area contributed by atoms with Gasteiger partial charge in [0.25, 0.3) is 0 Å². The summed E-state index contributed by atoms with van der Waals surface area (Å²) in [6.45, 7) is -0.0744. The van der Waals surface area contributed by atoms with Crippen molar-refractivity contribution in [3.05, 3.63) is 29.8 Å². The summed E-state index contributed by atoms with van der Waals surface area (Å²) in [5.74, 6) is 0. The van der Waals surface area contributed by atoms with Crippen LogP contribution in [0.15, 0.2) is 29.2 Å². The van der Waals surface area contributed by atoms with Crippen molar-refractivity contribution in [2.24, 2.45) is 5.73 Å². The van der Waals surface area contributed by atoms with Crippen molar-refractivity contribution in [1.29, 1.82) is 0 Å². The summed E-state index contributed by atoms with van der Waals surface area (Å²) in [5, 5.41) is 9.20. The molecular formula is C14H20N2O3S2. The number of hydrogen-bond acceptors (Lipinski definition) is 4. The average Bonchev–Trinajstić information content (AvgIpc) is 2.98. The fourth-order valence-corrected chi connectivity index (χ4v) is 4.58. The minimum absolute atomic E-state index is 0.0318. The van der Waals surface area contributed by atoms with Crippen molar-refractivity contribution in [3.63, 3.8) is 0 Å². The molecule has 0 heterocycles. The molecule has 1 saturated carbocycles. The lowest BCUT2D eigenvalue weighted by Crippen LogP contribution is -2.40. The van der Waals surface area contributed by atoms with Crippen molar-refractivity contribution in [1.82, 2.24) is 4.31 Å². The van der Waals surface area contributed by atoms with E-state index in [1.165, 1.54) is 16.4 Å². The molecule has 3 N–H and O–H groups in total. The van der Waals surface area contributed by atoms with Gasteiger partial charge < -0.3 is 10.8 Å². The summed E-state index contributed by atoms with van der Waals surface area (Å²) in [6.07, 6.45) is 3.73. The SMILES string of the molecule is NC(=S)c1cccc(S(=O)(=O)N(CCO)C2CCCC2)c1. The summed E-state index contributed by atoms with van der Waals surface area (Å²) in [6, 6.07) is 6.32. The highest BCUT2D eigenvalue weighted by Gasteiger charge is 2.32. The van der Waals surface area contributed by atoms with Gasteiger partial charge in [-0.15, -0.1) is 0 Å². The van der Waals surface area contributed by atoms with Crippen molar-refractivity contribution < 1.29 is 13.5 Å². The van der Waals surface area contributed by atoms with Crippen LogP contribution in [0, 0.1) is 0 Å². The number of benzene rings is 1. The van der Waals surface area contributed by atoms with Gasteiger partial charge in [-0.25, -0.2) is 8.42 Å². The molecule has 1 aliphatic rings. The van der Waals surface area contributed by atoms with E-state index in [4.69, 9.17) is 18.0 Å². The number of hydrogen-bond donors (Lipinski definition) is 2. The van der Waals surface area contributed by atoms with E-state index < -0.39 is 10.0 Å². The number of aliphatic hydroxyl groups is 1. The highest BCUT2D eigenvalue weighted by atomic mass is 32.2. The van der Waals surface area contributed by atoms with Gasteiger partial charge in [-0.05, 0) is 25.0 Å². The number of sulfonamides is 1. The van der Waals surface area contributed by atoms with Crippen molar-refractivity contribution >= 4 is 27.2 Å². The quantitative estimate of drug-likeness (QED) is 0.768. The number of nitrogens with two attached hydrogens (primary N) is 1. The minimum Gasteiger partial charge on any atom is -0.395 e. The van der Waals surface area contributed by atoms with E-state index in [0.29, 0.717) is 5.56 Å². The lowest BCUT2D eigenvalue weighted by atomic mass is 10.2. The smallest absolute Gasteiger partial charge is 0.243 e. The molecular weight excluding hydrogens is 308 g/mol. The Balaban J connectivity index is 2.37. The zero-order valence-corrected chi connectivity index (χ0v) is 13.4. The van der Waals surface area contributed by atoms with Gasteiger partial charge >= 0.3 is 0 Å². The molecule has 0 saturated heterocycles. The van der Waals surface area contributed by atoms with E-state index in [0.717, 1.165) is 25.7 Å². The van der Waals surface area contributed by atoms with Crippen LogP contribution in [0.3, 0.4) is 0 Å². The molecule has 0 aromatic heterocycles. The first-order chi connectivity index (χ1) is 9.96. The van der Waals surface area contributed by atoms with Crippen LogP contribution in [0.2, 0.25) is 0 Å². The van der Waals surface area contributed by atoms with Crippen LogP contribution >= 0.6 is 12.2 Å². The maximum Gasteiger partial charge on any atom is 0.243 e. The Morgan fingerprint density at radius 2 is 2.05 bits per heavy atom. The molecule has 2 rings (SSSR count). The third-order valence-corrected chi connectivity index (χ3v) is 5.96. The number of aliphatic hydroxyl groups excluding tert-OH is 1. The molecule has 1 fully saturated rings. The van der Waals surface area contributed by atoms with E-state index in [1.54, 1.807) is 12.1 Å². The Hall–Kier alpha value is -1.02. The molecule has 116 valence electrons. The van der Waals surface area contributed by atoms with Crippen LogP contribution in [-0.4, -0.2) is 42.0 Å². The zero-order chi connectivity index (χ0) is 15.5. The molecule has 0 amide bonds. The molecule has 0 radical (unpaired) electrons. The van der Waals surface area contributed by atoms with Crippen LogP contribution in [0.5, 0.6) is 0 Å². The van der Waals surface area contributed by atoms with Crippen LogP contribution in [0.4, 0.5) is 0 Å². The van der Waals surface area contributed by atoms with Crippen molar-refractivity contribution in [2.45, 2.75) is 36.6 Å². The summed E-state index contributed by atoms with van der Waals surface area (Å²) in [7, 11) is -3.64. The third-order valence-electron chi connectivity index (χ3n) is 3.78. The van der Waals surface area contributed by atoms with Crippen LogP contribution in [0.25, 0.3) is 0 Å². The molecule has 0 atom stereocenters. The van der Waals surface area contributed by atoms with E-state index in [2.05, 4.69) is 0 Å². The van der Waals surface area contributed by atoms with Crippen LogP contribution in [0.1, 0.15) is 31.2 Å². The van der Waals surface area contributed by atoms with Crippen molar-refractivity contribution in [2.75, 3.05) is 13.2 Å². The fraction of sp³-hybridized carbons (Fsp3) is 0.500. The molecule has 7 heteroatoms. The predicted molar refractivity (Wildman–Crippen MR) is 85.6 cm³/mol. The second kappa shape index (κ2) is 6.83. The second-order valence-corrected chi connectivity index (χ2v) is 7.50. The molecule has 0 bridgehead atoms. The normalized spacial score (nSPS) is 16.5. The molecule has 1 aromatic rings. The van der Waals surface area contributed by atoms with Gasteiger partial charge in [0.2, 0.25) is 10.0 Å². The third kappa shape index (κ3) is 3.60. The van der Waals surface area contributed by atoms with Crippen LogP contribution < -0.4 is 5.73 Å². The molecule has 0 spiro atoms. The fourth-order valence-electron chi connectivity index (χ4n) is 2.74. The molecule has 0 unspecified atom stereocenters. The first kappa shape index (κ1) is 16.4. The molecule has 0 aliphatic heterocycles. The van der Waals surface area contributed by atoms with E-state index in [-0.39, 0.29) is 29.1 Å². The number of rotatable bonds is 6. The van der Waals surface area contributed by atoms with Gasteiger partial charge in [-0.2, -0.15) is 4.31 Å². The van der Waals surface area contributed by atoms with Gasteiger partial charge in [-0.1, -0.05) is 37.2 Å². The second-order valence-electron chi connectivity index (χ2n) is 5.17. The Kier molecular flexibility index (Phi) is 5.32. The topological polar surface area (TPSA) is 83.6 Å². The predicted octanol–water partition coefficient (Wildman–Crippen LogP) is 1.25. The summed E-state index contributed by atoms with van der Waals surface area (Å²) in [4.78, 5) is 0.342. The molecule has 5 nitrogen and oxygen atoms in total. The number of nitrogens with zero attached hydrogens (tertiary/aromatic N) is 1. The highest BCUT2D eigenvalue weighted by Crippen LogP contribution is 2.28. The van der Waals surface area contributed by atoms with Gasteiger partial charge in [0.1, 0.15) is 4.99 Å². The Bertz CT molecular complexity index is 610.